The predicted octanol–water partition coefficient (Wildman–Crippen LogP) is 4.68. The highest BCUT2D eigenvalue weighted by Gasteiger charge is 2.47. The molecule has 4 amide bonds. The van der Waals surface area contributed by atoms with Gasteiger partial charge in [-0.15, -0.1) is 0 Å². The topological polar surface area (TPSA) is 130 Å². The third kappa shape index (κ3) is 13.3. The molecule has 2 N–H and O–H groups in total. The second-order valence-electron chi connectivity index (χ2n) is 15.3. The summed E-state index contributed by atoms with van der Waals surface area (Å²) < 4.78 is 16.8. The number of hydrogen-bond donors (Lipinski definition) is 2. The smallest absolute Gasteiger partial charge is 0.242 e. The number of rotatable bonds is 17. The Morgan fingerprint density at radius 2 is 1.63 bits per heavy atom. The zero-order valence-corrected chi connectivity index (χ0v) is 35.3. The lowest BCUT2D eigenvalue weighted by atomic mass is 9.90. The van der Waals surface area contributed by atoms with Crippen molar-refractivity contribution in [2.75, 3.05) is 61.7 Å². The molecule has 2 heterocycles. The maximum atomic E-state index is 13.8. The minimum Gasteiger partial charge on any atom is -0.383 e. The molecule has 9 unspecified atom stereocenters. The van der Waals surface area contributed by atoms with Crippen molar-refractivity contribution < 1.29 is 33.4 Å². The van der Waals surface area contributed by atoms with E-state index in [2.05, 4.69) is 62.3 Å². The van der Waals surface area contributed by atoms with Crippen molar-refractivity contribution in [1.82, 2.24) is 25.3 Å². The largest absolute Gasteiger partial charge is 0.383 e. The van der Waals surface area contributed by atoms with Crippen LogP contribution in [0.2, 0.25) is 0 Å². The van der Waals surface area contributed by atoms with Gasteiger partial charge in [0.05, 0.1) is 55.8 Å². The van der Waals surface area contributed by atoms with Crippen LogP contribution in [-0.4, -0.2) is 136 Å². The lowest BCUT2D eigenvalue weighted by molar-refractivity contribution is -0.146. The van der Waals surface area contributed by atoms with Gasteiger partial charge in [0.15, 0.2) is 0 Å². The van der Waals surface area contributed by atoms with Gasteiger partial charge in [0, 0.05) is 47.5 Å². The summed E-state index contributed by atoms with van der Waals surface area (Å²) in [7, 11) is 8.47. The Hall–Kier alpha value is -3.06. The van der Waals surface area contributed by atoms with Crippen molar-refractivity contribution in [2.24, 2.45) is 17.8 Å². The number of hydrogen-bond acceptors (Lipinski definition) is 8. The lowest BCUT2D eigenvalue weighted by Crippen LogP contribution is -2.55. The molecule has 2 aliphatic heterocycles. The molecule has 1 aliphatic carbocycles. The molecule has 2 bridgehead atoms. The summed E-state index contributed by atoms with van der Waals surface area (Å²) >= 11 is 0. The fraction of sp³-hybridized carbons (Fsp3) is 0.762. The lowest BCUT2D eigenvalue weighted by Gasteiger charge is -2.39. The van der Waals surface area contributed by atoms with Crippen molar-refractivity contribution in [3.05, 3.63) is 35.9 Å². The summed E-state index contributed by atoms with van der Waals surface area (Å²) in [6.45, 7) is 13.6. The third-order valence-corrected chi connectivity index (χ3v) is 11.4. The molecule has 12 nitrogen and oxygen atoms in total. The van der Waals surface area contributed by atoms with Gasteiger partial charge in [0.2, 0.25) is 23.6 Å². The number of nitrogens with one attached hydrogen (secondary N) is 2. The van der Waals surface area contributed by atoms with E-state index in [4.69, 9.17) is 14.2 Å². The highest BCUT2D eigenvalue weighted by Crippen LogP contribution is 2.41. The van der Waals surface area contributed by atoms with Crippen molar-refractivity contribution in [2.45, 2.75) is 129 Å². The predicted molar refractivity (Wildman–Crippen MR) is 214 cm³/mol. The number of likely N-dealkylation sites (N-methyl/N-ethyl adjacent to an activating group) is 2. The summed E-state index contributed by atoms with van der Waals surface area (Å²) in [6, 6.07) is 9.93. The molecule has 1 aromatic rings. The van der Waals surface area contributed by atoms with Gasteiger partial charge in [-0.2, -0.15) is 0 Å². The van der Waals surface area contributed by atoms with E-state index in [-0.39, 0.29) is 60.6 Å². The van der Waals surface area contributed by atoms with Crippen molar-refractivity contribution in [3.8, 4) is 0 Å². The molecule has 0 spiro atoms. The first kappa shape index (κ1) is 47.1. The van der Waals surface area contributed by atoms with E-state index in [0.717, 1.165) is 38.5 Å². The maximum Gasteiger partial charge on any atom is 0.242 e. The van der Waals surface area contributed by atoms with Crippen LogP contribution in [0.1, 0.15) is 91.5 Å². The van der Waals surface area contributed by atoms with Crippen LogP contribution in [0.5, 0.6) is 0 Å². The standard InChI is InChI=1S/C32H57N5O7.C7H8.C3H8/c1-9-20(2)28(36(5)27(39)19-34-32(41)29-22-12-13-23(17-22)35(29)4)25(43-7)18-26(38)37-15-10-11-24(37)30(44-8)21(3)31(40)33-14-16-42-6;1-7-5-3-2-4-6-7;1-3-2/h20-25,28-30H,9-19H2,1-8H3,(H,33,40)(H,34,41);2-6H,1H3;3H2,1-2H3. The summed E-state index contributed by atoms with van der Waals surface area (Å²) in [5.41, 5.74) is 1.32. The monoisotopic (exact) mass is 760 g/mol. The van der Waals surface area contributed by atoms with Crippen LogP contribution in [0, 0.1) is 24.7 Å². The number of ether oxygens (including phenoxy) is 3. The molecule has 1 saturated carbocycles. The van der Waals surface area contributed by atoms with E-state index in [1.807, 2.05) is 37.1 Å². The first-order valence-electron chi connectivity index (χ1n) is 20.2. The Morgan fingerprint density at radius 3 is 2.15 bits per heavy atom. The Balaban J connectivity index is 0.000000878. The molecule has 308 valence electrons. The van der Waals surface area contributed by atoms with Crippen molar-refractivity contribution >= 4 is 23.6 Å². The van der Waals surface area contributed by atoms with Crippen LogP contribution in [0.4, 0.5) is 0 Å². The van der Waals surface area contributed by atoms with E-state index in [0.29, 0.717) is 31.7 Å². The Morgan fingerprint density at radius 1 is 0.963 bits per heavy atom. The number of carbonyl (C=O) groups excluding carboxylic acids is 4. The van der Waals surface area contributed by atoms with Crippen molar-refractivity contribution in [1.29, 1.82) is 0 Å². The van der Waals surface area contributed by atoms with E-state index < -0.39 is 18.1 Å². The number of amides is 4. The number of methoxy groups -OCH3 is 3. The molecule has 54 heavy (non-hydrogen) atoms. The Bertz CT molecular complexity index is 1270. The average molecular weight is 760 g/mol. The van der Waals surface area contributed by atoms with E-state index in [1.165, 1.54) is 12.0 Å². The van der Waals surface area contributed by atoms with Crippen LogP contribution in [-0.2, 0) is 33.4 Å². The average Bonchev–Trinajstić information content (AvgIpc) is 3.92. The molecule has 1 aromatic carbocycles. The molecular formula is C42H73N5O7. The Kier molecular flexibility index (Phi) is 21.3. The molecule has 9 atom stereocenters. The fourth-order valence-corrected chi connectivity index (χ4v) is 8.30. The first-order chi connectivity index (χ1) is 25.8. The maximum absolute atomic E-state index is 13.8. The van der Waals surface area contributed by atoms with Gasteiger partial charge in [-0.05, 0) is 57.9 Å². The molecule has 3 fully saturated rings. The molecule has 12 heteroatoms. The number of aryl methyl sites for hydroxylation is 1. The summed E-state index contributed by atoms with van der Waals surface area (Å²) in [5.74, 6) is -0.584. The van der Waals surface area contributed by atoms with Crippen LogP contribution < -0.4 is 10.6 Å². The Labute approximate surface area is 326 Å². The van der Waals surface area contributed by atoms with Crippen LogP contribution in [0.15, 0.2) is 30.3 Å². The SMILES string of the molecule is CCC.CCC(C)C(C(CC(=O)N1CCCC1C(OC)C(C)C(=O)NCCOC)OC)N(C)C(=O)CNC(=O)C1C2CCC(C2)N1C.Cc1ccccc1. The number of carbonyl (C=O) groups is 4. The molecular weight excluding hydrogens is 686 g/mol. The number of benzene rings is 1. The third-order valence-electron chi connectivity index (χ3n) is 11.4. The van der Waals surface area contributed by atoms with Gasteiger partial charge >= 0.3 is 0 Å². The zero-order chi connectivity index (χ0) is 40.4. The summed E-state index contributed by atoms with van der Waals surface area (Å²) in [5, 5.41) is 5.77. The van der Waals surface area contributed by atoms with Gasteiger partial charge in [-0.1, -0.05) is 83.4 Å². The minimum atomic E-state index is -0.546. The fourth-order valence-electron chi connectivity index (χ4n) is 8.30. The van der Waals surface area contributed by atoms with Gasteiger partial charge in [0.25, 0.3) is 0 Å². The number of nitrogens with zero attached hydrogens (tertiary/aromatic N) is 3. The molecule has 0 aromatic heterocycles. The first-order valence-corrected chi connectivity index (χ1v) is 20.2. The number of fused-ring (bicyclic) bond motifs is 2. The quantitative estimate of drug-likeness (QED) is 0.219. The highest BCUT2D eigenvalue weighted by molar-refractivity contribution is 5.88. The number of likely N-dealkylation sites (tertiary alicyclic amines) is 2. The molecule has 3 aliphatic rings. The van der Waals surface area contributed by atoms with E-state index in [9.17, 15) is 19.2 Å². The van der Waals surface area contributed by atoms with Gasteiger partial charge in [0.1, 0.15) is 0 Å². The zero-order valence-electron chi connectivity index (χ0n) is 35.3. The van der Waals surface area contributed by atoms with Gasteiger partial charge in [-0.25, -0.2) is 0 Å². The molecule has 2 saturated heterocycles. The summed E-state index contributed by atoms with van der Waals surface area (Å²) in [6.07, 6.45) is 5.91. The number of piperidine rings is 1. The second-order valence-corrected chi connectivity index (χ2v) is 15.3. The minimum absolute atomic E-state index is 0.0472. The second kappa shape index (κ2) is 24.5. The summed E-state index contributed by atoms with van der Waals surface area (Å²) in [4.78, 5) is 58.7. The molecule has 0 radical (unpaired) electrons. The van der Waals surface area contributed by atoms with Gasteiger partial charge in [-0.3, -0.25) is 24.1 Å². The normalized spacial score (nSPS) is 23.1. The highest BCUT2D eigenvalue weighted by atomic mass is 16.5. The van der Waals surface area contributed by atoms with Crippen LogP contribution >= 0.6 is 0 Å². The van der Waals surface area contributed by atoms with E-state index >= 15 is 0 Å². The van der Waals surface area contributed by atoms with E-state index in [1.54, 1.807) is 33.3 Å². The molecule has 4 rings (SSSR count). The van der Waals surface area contributed by atoms with Crippen LogP contribution in [0.25, 0.3) is 0 Å². The van der Waals surface area contributed by atoms with Crippen molar-refractivity contribution in [3.63, 3.8) is 0 Å². The van der Waals surface area contributed by atoms with Crippen LogP contribution in [0.3, 0.4) is 0 Å². The van der Waals surface area contributed by atoms with Gasteiger partial charge < -0.3 is 34.6 Å².